The highest BCUT2D eigenvalue weighted by molar-refractivity contribution is 7.90. The number of hydrogen-bond acceptors (Lipinski definition) is 11. The Labute approximate surface area is 374 Å². The molecule has 1 amide bonds. The Morgan fingerprint density at radius 1 is 0.984 bits per heavy atom. The highest BCUT2D eigenvalue weighted by atomic mass is 35.5. The van der Waals surface area contributed by atoms with Gasteiger partial charge in [0.2, 0.25) is 5.92 Å². The molecule has 64 heavy (non-hydrogen) atoms. The fourth-order valence-corrected chi connectivity index (χ4v) is 9.82. The van der Waals surface area contributed by atoms with Crippen LogP contribution in [0.4, 0.5) is 25.8 Å². The molecule has 338 valence electrons. The number of benzene rings is 3. The molecule has 3 heterocycles. The molecule has 5 aromatic rings. The number of amides is 1. The molecule has 8 rings (SSSR count). The minimum absolute atomic E-state index is 0.0656. The molecule has 3 aromatic carbocycles. The van der Waals surface area contributed by atoms with Crippen molar-refractivity contribution in [3.8, 4) is 11.5 Å². The molecular formula is C46H50ClF2N7O7S. The number of allylic oxidation sites excluding steroid dienone is 1. The number of piperazine rings is 1. The molecule has 1 saturated heterocycles. The number of halogens is 3. The molecule has 3 aliphatic rings. The lowest BCUT2D eigenvalue weighted by molar-refractivity contribution is -0.384. The molecule has 0 bridgehead atoms. The summed E-state index contributed by atoms with van der Waals surface area (Å²) in [4.78, 5) is 36.7. The summed E-state index contributed by atoms with van der Waals surface area (Å²) in [7, 11) is -4.69. The van der Waals surface area contributed by atoms with E-state index in [1.54, 1.807) is 24.4 Å². The van der Waals surface area contributed by atoms with Gasteiger partial charge < -0.3 is 25.0 Å². The van der Waals surface area contributed by atoms with Gasteiger partial charge in [-0.05, 0) is 97.2 Å². The number of nitrogens with one attached hydrogen (secondary N) is 3. The SMILES string of the molecule is CC1(C)CCC(CN2CCN(c3ccc(C(=O)NS(=O)(=O)c4ccc(NCC5(O)CCC(F)(F)CC5)c([N+](=O)[O-])c4)c(Oc4cnc5[nH]ccc5c4)c3)CC2)=C(c2ccc(Cl)cc2)C1. The van der Waals surface area contributed by atoms with E-state index in [4.69, 9.17) is 16.3 Å². The molecule has 0 unspecified atom stereocenters. The van der Waals surface area contributed by atoms with E-state index < -0.39 is 55.8 Å². The number of alkyl halides is 2. The number of aromatic nitrogens is 2. The van der Waals surface area contributed by atoms with Crippen LogP contribution < -0.4 is 19.7 Å². The molecule has 2 aliphatic carbocycles. The molecule has 14 nitrogen and oxygen atoms in total. The number of hydrogen-bond donors (Lipinski definition) is 4. The number of ether oxygens (including phenoxy) is 1. The van der Waals surface area contributed by atoms with Gasteiger partial charge in [0.15, 0.2) is 0 Å². The summed E-state index contributed by atoms with van der Waals surface area (Å²) in [5, 5.41) is 27.1. The van der Waals surface area contributed by atoms with Gasteiger partial charge in [0.05, 0.1) is 27.2 Å². The number of fused-ring (bicyclic) bond motifs is 1. The van der Waals surface area contributed by atoms with Gasteiger partial charge in [0.1, 0.15) is 22.8 Å². The minimum Gasteiger partial charge on any atom is -0.455 e. The molecule has 0 radical (unpaired) electrons. The Balaban J connectivity index is 0.997. The van der Waals surface area contributed by atoms with Gasteiger partial charge in [-0.2, -0.15) is 0 Å². The van der Waals surface area contributed by atoms with E-state index in [1.165, 1.54) is 29.0 Å². The number of H-pyrrole nitrogens is 1. The number of carbonyl (C=O) groups excluding carboxylic acids is 1. The summed E-state index contributed by atoms with van der Waals surface area (Å²) in [6.07, 6.45) is 4.85. The normalized spacial score (nSPS) is 18.8. The molecule has 0 atom stereocenters. The average molecular weight is 918 g/mol. The van der Waals surface area contributed by atoms with Gasteiger partial charge in [0, 0.05) is 86.5 Å². The number of anilines is 2. The number of sulfonamides is 1. The van der Waals surface area contributed by atoms with E-state index in [-0.39, 0.29) is 41.8 Å². The van der Waals surface area contributed by atoms with Crippen molar-refractivity contribution in [1.29, 1.82) is 0 Å². The second-order valence-corrected chi connectivity index (χ2v) is 20.0. The summed E-state index contributed by atoms with van der Waals surface area (Å²) < 4.78 is 63.1. The van der Waals surface area contributed by atoms with E-state index in [0.717, 1.165) is 68.2 Å². The van der Waals surface area contributed by atoms with Crippen LogP contribution in [0.3, 0.4) is 0 Å². The maximum Gasteiger partial charge on any atom is 0.293 e. The van der Waals surface area contributed by atoms with Crippen molar-refractivity contribution in [2.24, 2.45) is 5.41 Å². The maximum atomic E-state index is 13.9. The number of rotatable bonds is 13. The Kier molecular flexibility index (Phi) is 12.5. The van der Waals surface area contributed by atoms with Crippen LogP contribution in [0.25, 0.3) is 16.6 Å². The van der Waals surface area contributed by atoms with Crippen LogP contribution in [-0.4, -0.2) is 90.0 Å². The number of nitro groups is 1. The lowest BCUT2D eigenvalue weighted by Gasteiger charge is -2.39. The summed E-state index contributed by atoms with van der Waals surface area (Å²) in [6, 6.07) is 19.5. The Hall–Kier alpha value is -5.62. The molecular weight excluding hydrogens is 868 g/mol. The third kappa shape index (κ3) is 10.3. The first kappa shape index (κ1) is 45.0. The Bertz CT molecular complexity index is 2710. The predicted octanol–water partition coefficient (Wildman–Crippen LogP) is 9.17. The largest absolute Gasteiger partial charge is 0.455 e. The minimum atomic E-state index is -4.69. The van der Waals surface area contributed by atoms with Crippen LogP contribution in [-0.2, 0) is 10.0 Å². The van der Waals surface area contributed by atoms with E-state index >= 15 is 0 Å². The van der Waals surface area contributed by atoms with Gasteiger partial charge in [0.25, 0.3) is 21.6 Å². The van der Waals surface area contributed by atoms with E-state index in [9.17, 15) is 37.2 Å². The van der Waals surface area contributed by atoms with E-state index in [0.29, 0.717) is 29.5 Å². The van der Waals surface area contributed by atoms with Crippen molar-refractivity contribution < 1.29 is 36.8 Å². The zero-order valence-corrected chi connectivity index (χ0v) is 37.1. The van der Waals surface area contributed by atoms with Crippen LogP contribution in [0.1, 0.15) is 74.7 Å². The number of nitro benzene ring substituents is 1. The topological polar surface area (TPSA) is 183 Å². The Morgan fingerprint density at radius 3 is 2.44 bits per heavy atom. The van der Waals surface area contributed by atoms with Gasteiger partial charge >= 0.3 is 0 Å². The van der Waals surface area contributed by atoms with Crippen LogP contribution in [0, 0.1) is 15.5 Å². The molecule has 2 fully saturated rings. The van der Waals surface area contributed by atoms with Gasteiger partial charge in [-0.25, -0.2) is 26.9 Å². The number of nitrogens with zero attached hydrogens (tertiary/aromatic N) is 4. The standard InChI is InChI=1S/C46H50ClF2N7O7S/c1-44(2)13-11-32(38(26-44)30-3-5-33(47)6-4-30)28-54-19-21-55(22-20-54)34-7-9-37(41(24-34)63-35-23-31-12-18-50-42(31)51-27-35)43(57)53-64(61,62)36-8-10-39(40(25-36)56(59)60)52-29-45(58)14-16-46(48,49)17-15-45/h3-10,12,18,23-25,27,52,58H,11,13-17,19-22,26,28-29H2,1-2H3,(H,50,51)(H,53,57). The summed E-state index contributed by atoms with van der Waals surface area (Å²) >= 11 is 6.23. The number of aliphatic hydroxyl groups is 1. The van der Waals surface area contributed by atoms with Crippen molar-refractivity contribution >= 4 is 61.2 Å². The lowest BCUT2D eigenvalue weighted by atomic mass is 9.72. The first-order chi connectivity index (χ1) is 30.3. The number of carbonyl (C=O) groups is 1. The van der Waals surface area contributed by atoms with Crippen LogP contribution >= 0.6 is 11.6 Å². The van der Waals surface area contributed by atoms with Crippen molar-refractivity contribution in [1.82, 2.24) is 19.6 Å². The first-order valence-corrected chi connectivity index (χ1v) is 23.1. The fraction of sp³-hybridized carbons (Fsp3) is 0.391. The van der Waals surface area contributed by atoms with Gasteiger partial charge in [-0.15, -0.1) is 0 Å². The first-order valence-electron chi connectivity index (χ1n) is 21.2. The predicted molar refractivity (Wildman–Crippen MR) is 242 cm³/mol. The van der Waals surface area contributed by atoms with E-state index in [2.05, 4.69) is 51.1 Å². The maximum absolute atomic E-state index is 13.9. The summed E-state index contributed by atoms with van der Waals surface area (Å²) in [6.45, 7) is 8.15. The fourth-order valence-electron chi connectivity index (χ4n) is 8.71. The lowest BCUT2D eigenvalue weighted by Crippen LogP contribution is -2.47. The monoisotopic (exact) mass is 917 g/mol. The zero-order chi connectivity index (χ0) is 45.4. The van der Waals surface area contributed by atoms with Crippen molar-refractivity contribution in [2.45, 2.75) is 75.2 Å². The van der Waals surface area contributed by atoms with Crippen LogP contribution in [0.15, 0.2) is 95.7 Å². The molecule has 1 saturated carbocycles. The third-order valence-electron chi connectivity index (χ3n) is 12.6. The van der Waals surface area contributed by atoms with Crippen molar-refractivity contribution in [2.75, 3.05) is 49.5 Å². The highest BCUT2D eigenvalue weighted by Gasteiger charge is 2.42. The molecule has 1 aliphatic heterocycles. The van der Waals surface area contributed by atoms with E-state index in [1.807, 2.05) is 22.9 Å². The zero-order valence-electron chi connectivity index (χ0n) is 35.5. The third-order valence-corrected chi connectivity index (χ3v) is 14.1. The quantitative estimate of drug-likeness (QED) is 0.0653. The highest BCUT2D eigenvalue weighted by Crippen LogP contribution is 2.44. The Morgan fingerprint density at radius 2 is 1.72 bits per heavy atom. The smallest absolute Gasteiger partial charge is 0.293 e. The number of pyridine rings is 1. The molecule has 0 spiro atoms. The summed E-state index contributed by atoms with van der Waals surface area (Å²) in [5.74, 6) is -3.57. The second kappa shape index (κ2) is 17.7. The summed E-state index contributed by atoms with van der Waals surface area (Å²) in [5.41, 5.74) is 3.20. The molecule has 4 N–H and O–H groups in total. The van der Waals surface area contributed by atoms with Crippen molar-refractivity contribution in [3.63, 3.8) is 0 Å². The average Bonchev–Trinajstić information content (AvgIpc) is 3.73. The second-order valence-electron chi connectivity index (χ2n) is 17.9. The molecule has 2 aromatic heterocycles. The van der Waals surface area contributed by atoms with Crippen LogP contribution in [0.2, 0.25) is 5.02 Å². The number of aromatic amines is 1. The molecule has 18 heteroatoms. The van der Waals surface area contributed by atoms with Gasteiger partial charge in [-0.3, -0.25) is 19.8 Å². The van der Waals surface area contributed by atoms with Crippen molar-refractivity contribution in [3.05, 3.63) is 117 Å². The van der Waals surface area contributed by atoms with Crippen LogP contribution in [0.5, 0.6) is 11.5 Å². The van der Waals surface area contributed by atoms with Gasteiger partial charge in [-0.1, -0.05) is 43.2 Å².